The number of nitrogens with one attached hydrogen (secondary N) is 1. The van der Waals surface area contributed by atoms with Crippen molar-refractivity contribution in [3.63, 3.8) is 0 Å². The van der Waals surface area contributed by atoms with Crippen LogP contribution in [0.5, 0.6) is 0 Å². The van der Waals surface area contributed by atoms with E-state index in [9.17, 15) is 25.0 Å². The number of rotatable bonds is 6. The molecule has 1 aromatic rings. The van der Waals surface area contributed by atoms with Gasteiger partial charge in [0, 0.05) is 6.54 Å². The SMILES string of the molecule is Cc1c([N+](=O)[O-])c([N+](=O)[O-])nn1CC(=O)NCC12CC3CC(CC(C3)C1)C2. The molecule has 1 amide bonds. The van der Waals surface area contributed by atoms with Crippen LogP contribution in [-0.4, -0.2) is 32.1 Å². The maximum atomic E-state index is 12.4. The Bertz CT molecular complexity index is 782. The monoisotopic (exact) mass is 377 g/mol. The number of aromatic nitrogens is 2. The van der Waals surface area contributed by atoms with Crippen molar-refractivity contribution in [1.82, 2.24) is 15.1 Å². The van der Waals surface area contributed by atoms with E-state index in [1.165, 1.54) is 26.2 Å². The quantitative estimate of drug-likeness (QED) is 0.597. The highest BCUT2D eigenvalue weighted by atomic mass is 16.6. The number of nitrogens with zero attached hydrogens (tertiary/aromatic N) is 4. The lowest BCUT2D eigenvalue weighted by Gasteiger charge is -2.56. The molecule has 27 heavy (non-hydrogen) atoms. The molecule has 1 heterocycles. The number of amides is 1. The molecule has 4 aliphatic rings. The molecule has 4 saturated carbocycles. The van der Waals surface area contributed by atoms with E-state index >= 15 is 0 Å². The van der Waals surface area contributed by atoms with E-state index in [0.29, 0.717) is 6.54 Å². The lowest BCUT2D eigenvalue weighted by atomic mass is 9.49. The fourth-order valence-corrected chi connectivity index (χ4v) is 6.00. The molecule has 0 atom stereocenters. The second-order valence-corrected chi connectivity index (χ2v) is 8.62. The summed E-state index contributed by atoms with van der Waals surface area (Å²) >= 11 is 0. The summed E-state index contributed by atoms with van der Waals surface area (Å²) in [5, 5.41) is 28.7. The third kappa shape index (κ3) is 3.17. The highest BCUT2D eigenvalue weighted by Crippen LogP contribution is 2.59. The molecule has 0 spiro atoms. The van der Waals surface area contributed by atoms with E-state index < -0.39 is 21.4 Å². The number of hydrogen-bond donors (Lipinski definition) is 1. The third-order valence-corrected chi connectivity index (χ3v) is 6.63. The van der Waals surface area contributed by atoms with Crippen LogP contribution in [0.3, 0.4) is 0 Å². The lowest BCUT2D eigenvalue weighted by Crippen LogP contribution is -2.51. The molecule has 4 bridgehead atoms. The molecule has 0 aliphatic heterocycles. The van der Waals surface area contributed by atoms with Crippen molar-refractivity contribution >= 4 is 17.4 Å². The summed E-state index contributed by atoms with van der Waals surface area (Å²) in [6.45, 7) is 1.72. The van der Waals surface area contributed by atoms with Gasteiger partial charge in [-0.25, -0.2) is 0 Å². The molecule has 1 N–H and O–H groups in total. The van der Waals surface area contributed by atoms with Gasteiger partial charge in [0.2, 0.25) is 5.91 Å². The van der Waals surface area contributed by atoms with Crippen molar-refractivity contribution in [2.45, 2.75) is 52.0 Å². The summed E-state index contributed by atoms with van der Waals surface area (Å²) < 4.78 is 1.05. The van der Waals surface area contributed by atoms with Crippen LogP contribution in [0.25, 0.3) is 0 Å². The Morgan fingerprint density at radius 3 is 2.15 bits per heavy atom. The van der Waals surface area contributed by atoms with E-state index in [0.717, 1.165) is 41.7 Å². The summed E-state index contributed by atoms with van der Waals surface area (Å²) in [5.41, 5.74) is -0.466. The Labute approximate surface area is 155 Å². The molecular weight excluding hydrogens is 354 g/mol. The summed E-state index contributed by atoms with van der Waals surface area (Å²) in [4.78, 5) is 32.7. The lowest BCUT2D eigenvalue weighted by molar-refractivity contribution is -0.424. The van der Waals surface area contributed by atoms with Gasteiger partial charge in [-0.2, -0.15) is 4.68 Å². The van der Waals surface area contributed by atoms with Gasteiger partial charge in [0.1, 0.15) is 12.2 Å². The molecule has 0 unspecified atom stereocenters. The maximum absolute atomic E-state index is 12.4. The molecule has 0 saturated heterocycles. The minimum atomic E-state index is -0.894. The van der Waals surface area contributed by atoms with E-state index in [1.807, 2.05) is 0 Å². The molecule has 10 heteroatoms. The zero-order chi connectivity index (χ0) is 19.3. The molecule has 0 radical (unpaired) electrons. The Hall–Kier alpha value is -2.52. The molecule has 4 fully saturated rings. The zero-order valence-corrected chi connectivity index (χ0v) is 15.2. The van der Waals surface area contributed by atoms with Crippen LogP contribution in [0.2, 0.25) is 0 Å². The Morgan fingerprint density at radius 2 is 1.70 bits per heavy atom. The fourth-order valence-electron chi connectivity index (χ4n) is 6.00. The molecule has 1 aromatic heterocycles. The van der Waals surface area contributed by atoms with E-state index in [4.69, 9.17) is 0 Å². The van der Waals surface area contributed by atoms with Gasteiger partial charge >= 0.3 is 11.5 Å². The molecule has 4 aliphatic carbocycles. The summed E-state index contributed by atoms with van der Waals surface area (Å²) in [6.07, 6.45) is 7.47. The maximum Gasteiger partial charge on any atom is 0.468 e. The van der Waals surface area contributed by atoms with E-state index in [2.05, 4.69) is 10.4 Å². The predicted molar refractivity (Wildman–Crippen MR) is 93.9 cm³/mol. The van der Waals surface area contributed by atoms with E-state index in [1.54, 1.807) is 0 Å². The van der Waals surface area contributed by atoms with Gasteiger partial charge in [0.25, 0.3) is 0 Å². The normalized spacial score (nSPS) is 31.1. The first-order chi connectivity index (χ1) is 12.8. The van der Waals surface area contributed by atoms with E-state index in [-0.39, 0.29) is 23.6 Å². The van der Waals surface area contributed by atoms with Gasteiger partial charge in [-0.05, 0) is 73.5 Å². The summed E-state index contributed by atoms with van der Waals surface area (Å²) in [5.74, 6) is 1.21. The van der Waals surface area contributed by atoms with Crippen LogP contribution >= 0.6 is 0 Å². The fraction of sp³-hybridized carbons (Fsp3) is 0.765. The largest absolute Gasteiger partial charge is 0.468 e. The Kier molecular flexibility index (Phi) is 4.15. The smallest absolute Gasteiger partial charge is 0.358 e. The molecule has 146 valence electrons. The molecule has 10 nitrogen and oxygen atoms in total. The number of nitro groups is 2. The second kappa shape index (κ2) is 6.28. The first kappa shape index (κ1) is 17.9. The topological polar surface area (TPSA) is 133 Å². The van der Waals surface area contributed by atoms with Gasteiger partial charge in [-0.15, -0.1) is 0 Å². The predicted octanol–water partition coefficient (Wildman–Crippen LogP) is 2.34. The first-order valence-electron chi connectivity index (χ1n) is 9.39. The van der Waals surface area contributed by atoms with Crippen molar-refractivity contribution < 1.29 is 14.6 Å². The second-order valence-electron chi connectivity index (χ2n) is 8.62. The Balaban J connectivity index is 1.42. The number of carbonyl (C=O) groups excluding carboxylic acids is 1. The van der Waals surface area contributed by atoms with Crippen molar-refractivity contribution in [3.05, 3.63) is 25.9 Å². The minimum absolute atomic E-state index is 0.0108. The van der Waals surface area contributed by atoms with Crippen molar-refractivity contribution in [1.29, 1.82) is 0 Å². The van der Waals surface area contributed by atoms with Crippen LogP contribution in [-0.2, 0) is 11.3 Å². The highest BCUT2D eigenvalue weighted by molar-refractivity contribution is 5.76. The average Bonchev–Trinajstić information content (AvgIpc) is 2.89. The van der Waals surface area contributed by atoms with Crippen LogP contribution in [0.4, 0.5) is 11.5 Å². The van der Waals surface area contributed by atoms with Gasteiger partial charge in [0.15, 0.2) is 0 Å². The average molecular weight is 377 g/mol. The highest BCUT2D eigenvalue weighted by Gasteiger charge is 2.50. The van der Waals surface area contributed by atoms with Crippen molar-refractivity contribution in [2.24, 2.45) is 23.2 Å². The molecular formula is C17H23N5O5. The van der Waals surface area contributed by atoms with Gasteiger partial charge in [-0.1, -0.05) is 0 Å². The first-order valence-corrected chi connectivity index (χ1v) is 9.39. The number of hydrogen-bond acceptors (Lipinski definition) is 6. The standard InChI is InChI=1S/C17H23N5O5/c1-10-15(21(24)25)16(22(26)27)19-20(10)8-14(23)18-9-17-5-11-2-12(6-17)4-13(3-11)7-17/h11-13H,2-9H2,1H3,(H,18,23). The van der Waals surface area contributed by atoms with Gasteiger partial charge < -0.3 is 15.4 Å². The molecule has 0 aromatic carbocycles. The Morgan fingerprint density at radius 1 is 1.15 bits per heavy atom. The van der Waals surface area contributed by atoms with Crippen LogP contribution in [0, 0.1) is 50.3 Å². The molecule has 5 rings (SSSR count). The summed E-state index contributed by atoms with van der Waals surface area (Å²) in [6, 6.07) is 0. The third-order valence-electron chi connectivity index (χ3n) is 6.63. The van der Waals surface area contributed by atoms with Crippen molar-refractivity contribution in [3.8, 4) is 0 Å². The van der Waals surface area contributed by atoms with Crippen LogP contribution in [0.1, 0.15) is 44.2 Å². The van der Waals surface area contributed by atoms with Crippen LogP contribution < -0.4 is 5.32 Å². The summed E-state index contributed by atoms with van der Waals surface area (Å²) in [7, 11) is 0. The van der Waals surface area contributed by atoms with Gasteiger partial charge in [0.05, 0.1) is 10.0 Å². The number of carbonyl (C=O) groups is 1. The van der Waals surface area contributed by atoms with Crippen molar-refractivity contribution in [2.75, 3.05) is 6.54 Å². The van der Waals surface area contributed by atoms with Crippen LogP contribution in [0.15, 0.2) is 0 Å². The minimum Gasteiger partial charge on any atom is -0.358 e. The zero-order valence-electron chi connectivity index (χ0n) is 15.2. The van der Waals surface area contributed by atoms with Gasteiger partial charge in [-0.3, -0.25) is 14.9 Å².